The van der Waals surface area contributed by atoms with E-state index in [4.69, 9.17) is 14.0 Å². The quantitative estimate of drug-likeness (QED) is 0.532. The number of fused-ring (bicyclic) bond motifs is 2. The van der Waals surface area contributed by atoms with Crippen LogP contribution in [0, 0.1) is 0 Å². The first-order valence-electron chi connectivity index (χ1n) is 10.9. The molecule has 1 fully saturated rings. The predicted octanol–water partition coefficient (Wildman–Crippen LogP) is 3.08. The molecule has 0 aliphatic carbocycles. The van der Waals surface area contributed by atoms with Gasteiger partial charge < -0.3 is 14.0 Å². The molecule has 34 heavy (non-hydrogen) atoms. The molecule has 4 heterocycles. The molecule has 6 rings (SSSR count). The minimum atomic E-state index is -0.895. The van der Waals surface area contributed by atoms with Crippen LogP contribution in [0.15, 0.2) is 57.3 Å². The number of carbonyl (C=O) groups excluding carboxylic acids is 2. The van der Waals surface area contributed by atoms with Crippen LogP contribution in [0.4, 0.5) is 5.69 Å². The molecule has 2 unspecified atom stereocenters. The Labute approximate surface area is 193 Å². The van der Waals surface area contributed by atoms with Crippen molar-refractivity contribution in [1.29, 1.82) is 0 Å². The number of ether oxygens (including phenoxy) is 2. The third-order valence-corrected chi connectivity index (χ3v) is 6.07. The van der Waals surface area contributed by atoms with Crippen molar-refractivity contribution < 1.29 is 23.6 Å². The molecule has 2 aromatic carbocycles. The molecule has 11 nitrogen and oxygen atoms in total. The Morgan fingerprint density at radius 3 is 2.62 bits per heavy atom. The number of amides is 2. The molecule has 3 aromatic rings. The Kier molecular flexibility index (Phi) is 4.57. The summed E-state index contributed by atoms with van der Waals surface area (Å²) in [6.45, 7) is 4.38. The summed E-state index contributed by atoms with van der Waals surface area (Å²) in [5.41, 5.74) is 2.34. The van der Waals surface area contributed by atoms with Gasteiger partial charge >= 0.3 is 0 Å². The van der Waals surface area contributed by atoms with Crippen LogP contribution < -0.4 is 14.4 Å². The van der Waals surface area contributed by atoms with Crippen molar-refractivity contribution in [1.82, 2.24) is 15.1 Å². The van der Waals surface area contributed by atoms with Gasteiger partial charge in [0.15, 0.2) is 23.6 Å². The zero-order valence-corrected chi connectivity index (χ0v) is 18.4. The van der Waals surface area contributed by atoms with Crippen LogP contribution in [0.25, 0.3) is 11.4 Å². The standard InChI is InChI=1S/C23H20N6O5/c1-12(2)13-3-6-15(7-4-13)29-22(30)19-20(23(29)31)28(27-25-19)10-18-24-21(26-34-18)14-5-8-16-17(9-14)33-11-32-16/h3-9,12,19-20H,10-11H2,1-2H3. The second-order valence-corrected chi connectivity index (χ2v) is 8.53. The number of imide groups is 1. The number of aromatic nitrogens is 2. The summed E-state index contributed by atoms with van der Waals surface area (Å²) in [5, 5.41) is 13.5. The first-order chi connectivity index (χ1) is 16.5. The Morgan fingerprint density at radius 2 is 1.82 bits per heavy atom. The molecule has 1 aromatic heterocycles. The molecule has 11 heteroatoms. The number of hydrogen-bond donors (Lipinski definition) is 0. The lowest BCUT2D eigenvalue weighted by molar-refractivity contribution is -0.123. The normalized spacial score (nSPS) is 20.7. The van der Waals surface area contributed by atoms with Gasteiger partial charge in [-0.3, -0.25) is 14.6 Å². The van der Waals surface area contributed by atoms with E-state index in [1.54, 1.807) is 30.3 Å². The Balaban J connectivity index is 1.20. The number of benzene rings is 2. The number of rotatable bonds is 5. The first kappa shape index (κ1) is 20.3. The minimum absolute atomic E-state index is 0.0430. The van der Waals surface area contributed by atoms with Gasteiger partial charge in [-0.05, 0) is 41.8 Å². The van der Waals surface area contributed by atoms with E-state index in [0.717, 1.165) is 5.56 Å². The maximum absolute atomic E-state index is 13.2. The zero-order chi connectivity index (χ0) is 23.4. The van der Waals surface area contributed by atoms with Gasteiger partial charge in [0.1, 0.15) is 6.54 Å². The van der Waals surface area contributed by atoms with Crippen LogP contribution in [-0.4, -0.2) is 45.8 Å². The lowest BCUT2D eigenvalue weighted by Gasteiger charge is -2.19. The largest absolute Gasteiger partial charge is 0.454 e. The van der Waals surface area contributed by atoms with Gasteiger partial charge in [0.2, 0.25) is 18.5 Å². The molecule has 0 spiro atoms. The molecular weight excluding hydrogens is 440 g/mol. The highest BCUT2D eigenvalue weighted by molar-refractivity contribution is 6.25. The molecule has 1 saturated heterocycles. The fourth-order valence-corrected chi connectivity index (χ4v) is 4.23. The molecular formula is C23H20N6O5. The highest BCUT2D eigenvalue weighted by Crippen LogP contribution is 2.36. The van der Waals surface area contributed by atoms with Gasteiger partial charge in [0, 0.05) is 5.56 Å². The van der Waals surface area contributed by atoms with Crippen molar-refractivity contribution in [3.8, 4) is 22.9 Å². The van der Waals surface area contributed by atoms with Gasteiger partial charge in [0.05, 0.1) is 5.69 Å². The highest BCUT2D eigenvalue weighted by atomic mass is 16.7. The monoisotopic (exact) mass is 460 g/mol. The maximum Gasteiger partial charge on any atom is 0.263 e. The van der Waals surface area contributed by atoms with E-state index in [1.165, 1.54) is 9.91 Å². The molecule has 172 valence electrons. The molecule has 3 aliphatic heterocycles. The van der Waals surface area contributed by atoms with Crippen molar-refractivity contribution >= 4 is 17.5 Å². The van der Waals surface area contributed by atoms with Crippen molar-refractivity contribution in [2.24, 2.45) is 10.3 Å². The van der Waals surface area contributed by atoms with Gasteiger partial charge in [0.25, 0.3) is 11.8 Å². The van der Waals surface area contributed by atoms with Crippen molar-refractivity contribution in [2.75, 3.05) is 11.7 Å². The summed E-state index contributed by atoms with van der Waals surface area (Å²) in [5.74, 6) is 1.44. The van der Waals surface area contributed by atoms with E-state index in [9.17, 15) is 9.59 Å². The van der Waals surface area contributed by atoms with Crippen molar-refractivity contribution in [3.63, 3.8) is 0 Å². The summed E-state index contributed by atoms with van der Waals surface area (Å²) < 4.78 is 16.1. The lowest BCUT2D eigenvalue weighted by Crippen LogP contribution is -2.39. The Morgan fingerprint density at radius 1 is 1.03 bits per heavy atom. The molecule has 2 atom stereocenters. The van der Waals surface area contributed by atoms with E-state index in [-0.39, 0.29) is 25.1 Å². The van der Waals surface area contributed by atoms with E-state index in [2.05, 4.69) is 34.3 Å². The summed E-state index contributed by atoms with van der Waals surface area (Å²) in [6, 6.07) is 11.0. The van der Waals surface area contributed by atoms with E-state index in [1.807, 2.05) is 12.1 Å². The van der Waals surface area contributed by atoms with Crippen molar-refractivity contribution in [2.45, 2.75) is 38.4 Å². The third-order valence-electron chi connectivity index (χ3n) is 6.07. The first-order valence-corrected chi connectivity index (χ1v) is 10.9. The van der Waals surface area contributed by atoms with Crippen LogP contribution in [0.1, 0.15) is 31.2 Å². The highest BCUT2D eigenvalue weighted by Gasteiger charge is 2.55. The smallest absolute Gasteiger partial charge is 0.263 e. The number of anilines is 1. The SMILES string of the molecule is CC(C)c1ccc(N2C(=O)C3N=NN(Cc4nc(-c5ccc6c(c5)OCO6)no4)C3C2=O)cc1. The van der Waals surface area contributed by atoms with Gasteiger partial charge in [-0.1, -0.05) is 36.4 Å². The molecule has 0 N–H and O–H groups in total. The topological polar surface area (TPSA) is 123 Å². The third kappa shape index (κ3) is 3.19. The average molecular weight is 460 g/mol. The van der Waals surface area contributed by atoms with Gasteiger partial charge in [-0.2, -0.15) is 10.1 Å². The summed E-state index contributed by atoms with van der Waals surface area (Å²) in [4.78, 5) is 31.7. The average Bonchev–Trinajstić information content (AvgIpc) is 3.61. The summed E-state index contributed by atoms with van der Waals surface area (Å²) >= 11 is 0. The van der Waals surface area contributed by atoms with Crippen LogP contribution in [0.3, 0.4) is 0 Å². The van der Waals surface area contributed by atoms with Crippen LogP contribution in [0.5, 0.6) is 11.5 Å². The zero-order valence-electron chi connectivity index (χ0n) is 18.4. The number of nitrogens with zero attached hydrogens (tertiary/aromatic N) is 6. The second kappa shape index (κ2) is 7.65. The fraction of sp³-hybridized carbons (Fsp3) is 0.304. The van der Waals surface area contributed by atoms with Gasteiger partial charge in [-0.15, -0.1) is 0 Å². The Hall–Kier alpha value is -4.28. The minimum Gasteiger partial charge on any atom is -0.454 e. The Bertz CT molecular complexity index is 1320. The van der Waals surface area contributed by atoms with Crippen LogP contribution >= 0.6 is 0 Å². The van der Waals surface area contributed by atoms with Crippen LogP contribution in [0.2, 0.25) is 0 Å². The molecule has 0 bridgehead atoms. The summed E-state index contributed by atoms with van der Waals surface area (Å²) in [6.07, 6.45) is 0. The van der Waals surface area contributed by atoms with E-state index < -0.39 is 18.0 Å². The number of hydrogen-bond acceptors (Lipinski definition) is 10. The lowest BCUT2D eigenvalue weighted by atomic mass is 10.0. The van der Waals surface area contributed by atoms with Gasteiger partial charge in [-0.25, -0.2) is 4.90 Å². The van der Waals surface area contributed by atoms with E-state index in [0.29, 0.717) is 34.5 Å². The molecule has 2 amide bonds. The molecule has 3 aliphatic rings. The summed E-state index contributed by atoms with van der Waals surface area (Å²) in [7, 11) is 0. The molecule has 0 saturated carbocycles. The van der Waals surface area contributed by atoms with E-state index >= 15 is 0 Å². The fourth-order valence-electron chi connectivity index (χ4n) is 4.23. The second-order valence-electron chi connectivity index (χ2n) is 8.53. The van der Waals surface area contributed by atoms with Crippen molar-refractivity contribution in [3.05, 3.63) is 53.9 Å². The maximum atomic E-state index is 13.2. The molecule has 0 radical (unpaired) electrons. The predicted molar refractivity (Wildman–Crippen MR) is 117 cm³/mol. The number of carbonyl (C=O) groups is 2. The van der Waals surface area contributed by atoms with Crippen LogP contribution in [-0.2, 0) is 16.1 Å².